The SMILES string of the molecule is CC(=N\O)/C(=N/O)N1CC1. The summed E-state index contributed by atoms with van der Waals surface area (Å²) in [7, 11) is 0. The van der Waals surface area contributed by atoms with Gasteiger partial charge in [0.1, 0.15) is 5.71 Å². The number of hydrogen-bond acceptors (Lipinski definition) is 4. The predicted molar refractivity (Wildman–Crippen MR) is 35.7 cm³/mol. The normalized spacial score (nSPS) is 19.5. The van der Waals surface area contributed by atoms with Crippen molar-refractivity contribution in [3.05, 3.63) is 0 Å². The minimum absolute atomic E-state index is 0.333. The van der Waals surface area contributed by atoms with Gasteiger partial charge >= 0.3 is 0 Å². The standard InChI is InChI=1S/C5H9N3O2/c1-4(6-9)5(7-10)8-2-3-8/h9-10H,2-3H2,1H3/b6-4+,7-5-. The zero-order chi connectivity index (χ0) is 7.56. The number of amidine groups is 1. The molecule has 0 spiro atoms. The van der Waals surface area contributed by atoms with Crippen LogP contribution in [0.1, 0.15) is 6.92 Å². The van der Waals surface area contributed by atoms with E-state index in [0.717, 1.165) is 13.1 Å². The van der Waals surface area contributed by atoms with E-state index < -0.39 is 0 Å². The summed E-state index contributed by atoms with van der Waals surface area (Å²) in [6.45, 7) is 3.31. The lowest BCUT2D eigenvalue weighted by molar-refractivity contribution is 0.310. The fraction of sp³-hybridized carbons (Fsp3) is 0.600. The quantitative estimate of drug-likeness (QED) is 0.178. The van der Waals surface area contributed by atoms with E-state index in [9.17, 15) is 0 Å². The van der Waals surface area contributed by atoms with Gasteiger partial charge in [0.15, 0.2) is 5.84 Å². The molecule has 5 nitrogen and oxygen atoms in total. The summed E-state index contributed by atoms with van der Waals surface area (Å²) < 4.78 is 0. The highest BCUT2D eigenvalue weighted by molar-refractivity contribution is 6.40. The number of oxime groups is 2. The molecule has 0 aromatic carbocycles. The third-order valence-corrected chi connectivity index (χ3v) is 1.32. The Kier molecular flexibility index (Phi) is 1.75. The lowest BCUT2D eigenvalue weighted by Crippen LogP contribution is -2.19. The summed E-state index contributed by atoms with van der Waals surface area (Å²) in [6, 6.07) is 0. The van der Waals surface area contributed by atoms with Gasteiger partial charge in [0.05, 0.1) is 0 Å². The number of hydrogen-bond donors (Lipinski definition) is 2. The van der Waals surface area contributed by atoms with Crippen molar-refractivity contribution in [2.75, 3.05) is 13.1 Å². The highest BCUT2D eigenvalue weighted by Crippen LogP contribution is 2.05. The van der Waals surface area contributed by atoms with Crippen LogP contribution in [-0.4, -0.2) is 40.0 Å². The molecule has 0 atom stereocenters. The Morgan fingerprint density at radius 2 is 1.90 bits per heavy atom. The molecule has 56 valence electrons. The third-order valence-electron chi connectivity index (χ3n) is 1.32. The van der Waals surface area contributed by atoms with E-state index in [1.54, 1.807) is 11.8 Å². The lowest BCUT2D eigenvalue weighted by atomic mass is 10.4. The fourth-order valence-corrected chi connectivity index (χ4v) is 0.671. The van der Waals surface area contributed by atoms with Gasteiger partial charge in [0.2, 0.25) is 0 Å². The second-order valence-electron chi connectivity index (χ2n) is 2.10. The molecule has 1 heterocycles. The second kappa shape index (κ2) is 2.55. The molecule has 0 bridgehead atoms. The molecular formula is C5H9N3O2. The predicted octanol–water partition coefficient (Wildman–Crippen LogP) is -0.0602. The molecule has 0 amide bonds. The first-order chi connectivity index (χ1) is 4.79. The Hall–Kier alpha value is -1.26. The van der Waals surface area contributed by atoms with Gasteiger partial charge in [0.25, 0.3) is 0 Å². The molecule has 2 N–H and O–H groups in total. The van der Waals surface area contributed by atoms with Crippen LogP contribution in [0.25, 0.3) is 0 Å². The van der Waals surface area contributed by atoms with Gasteiger partial charge in [0, 0.05) is 13.1 Å². The van der Waals surface area contributed by atoms with E-state index in [4.69, 9.17) is 10.4 Å². The van der Waals surface area contributed by atoms with Crippen LogP contribution in [0.5, 0.6) is 0 Å². The summed E-state index contributed by atoms with van der Waals surface area (Å²) in [5.74, 6) is 0.350. The maximum Gasteiger partial charge on any atom is 0.192 e. The second-order valence-corrected chi connectivity index (χ2v) is 2.10. The van der Waals surface area contributed by atoms with Crippen LogP contribution in [0, 0.1) is 0 Å². The maximum atomic E-state index is 8.39. The molecule has 0 aromatic heterocycles. The summed E-state index contributed by atoms with van der Waals surface area (Å²) in [5, 5.41) is 22.6. The molecule has 5 heteroatoms. The molecule has 1 aliphatic rings. The first-order valence-corrected chi connectivity index (χ1v) is 2.95. The highest BCUT2D eigenvalue weighted by atomic mass is 16.4. The Labute approximate surface area is 58.2 Å². The van der Waals surface area contributed by atoms with E-state index in [2.05, 4.69) is 10.3 Å². The molecule has 0 unspecified atom stereocenters. The molecule has 0 aromatic rings. The van der Waals surface area contributed by atoms with Gasteiger partial charge in [-0.1, -0.05) is 10.3 Å². The molecule has 0 radical (unpaired) electrons. The van der Waals surface area contributed by atoms with Crippen molar-refractivity contribution in [2.45, 2.75) is 6.92 Å². The van der Waals surface area contributed by atoms with Crippen molar-refractivity contribution >= 4 is 11.5 Å². The smallest absolute Gasteiger partial charge is 0.192 e. The van der Waals surface area contributed by atoms with Gasteiger partial charge in [-0.25, -0.2) is 0 Å². The van der Waals surface area contributed by atoms with Crippen LogP contribution in [0.2, 0.25) is 0 Å². The van der Waals surface area contributed by atoms with Crippen LogP contribution >= 0.6 is 0 Å². The molecule has 1 rings (SSSR count). The Balaban J connectivity index is 2.65. The van der Waals surface area contributed by atoms with Crippen molar-refractivity contribution in [3.8, 4) is 0 Å². The molecule has 0 aliphatic carbocycles. The molecule has 1 saturated heterocycles. The van der Waals surface area contributed by atoms with Crippen molar-refractivity contribution < 1.29 is 10.4 Å². The number of rotatable bonds is 1. The Bertz CT molecular complexity index is 183. The molecule has 0 saturated carbocycles. The Morgan fingerprint density at radius 3 is 2.20 bits per heavy atom. The van der Waals surface area contributed by atoms with Gasteiger partial charge in [-0.3, -0.25) is 0 Å². The van der Waals surface area contributed by atoms with Crippen molar-refractivity contribution in [1.82, 2.24) is 4.90 Å². The van der Waals surface area contributed by atoms with Crippen molar-refractivity contribution in [1.29, 1.82) is 0 Å². The number of nitrogens with zero attached hydrogens (tertiary/aromatic N) is 3. The van der Waals surface area contributed by atoms with Crippen LogP contribution in [-0.2, 0) is 0 Å². The Morgan fingerprint density at radius 1 is 1.30 bits per heavy atom. The highest BCUT2D eigenvalue weighted by Gasteiger charge is 2.24. The maximum absolute atomic E-state index is 8.39. The fourth-order valence-electron chi connectivity index (χ4n) is 0.671. The minimum atomic E-state index is 0.333. The van der Waals surface area contributed by atoms with E-state index in [-0.39, 0.29) is 0 Å². The van der Waals surface area contributed by atoms with Crippen molar-refractivity contribution in [3.63, 3.8) is 0 Å². The summed E-state index contributed by atoms with van der Waals surface area (Å²) in [4.78, 5) is 1.79. The van der Waals surface area contributed by atoms with Crippen LogP contribution in [0.15, 0.2) is 10.3 Å². The van der Waals surface area contributed by atoms with Crippen molar-refractivity contribution in [2.24, 2.45) is 10.3 Å². The van der Waals surface area contributed by atoms with Gasteiger partial charge < -0.3 is 15.3 Å². The zero-order valence-corrected chi connectivity index (χ0v) is 5.65. The van der Waals surface area contributed by atoms with Crippen LogP contribution < -0.4 is 0 Å². The van der Waals surface area contributed by atoms with E-state index in [1.165, 1.54) is 0 Å². The monoisotopic (exact) mass is 143 g/mol. The van der Waals surface area contributed by atoms with E-state index >= 15 is 0 Å². The summed E-state index contributed by atoms with van der Waals surface area (Å²) in [6.07, 6.45) is 0. The van der Waals surface area contributed by atoms with E-state index in [0.29, 0.717) is 11.5 Å². The van der Waals surface area contributed by atoms with E-state index in [1.807, 2.05) is 0 Å². The first kappa shape index (κ1) is 6.85. The molecular weight excluding hydrogens is 134 g/mol. The van der Waals surface area contributed by atoms with Gasteiger partial charge in [-0.15, -0.1) is 0 Å². The van der Waals surface area contributed by atoms with Crippen LogP contribution in [0.4, 0.5) is 0 Å². The third kappa shape index (κ3) is 1.18. The molecule has 10 heavy (non-hydrogen) atoms. The largest absolute Gasteiger partial charge is 0.411 e. The molecule has 1 aliphatic heterocycles. The lowest BCUT2D eigenvalue weighted by Gasteiger charge is -2.00. The summed E-state index contributed by atoms with van der Waals surface area (Å²) in [5.41, 5.74) is 0.333. The average Bonchev–Trinajstić information content (AvgIpc) is 2.73. The first-order valence-electron chi connectivity index (χ1n) is 2.95. The topological polar surface area (TPSA) is 68.2 Å². The summed E-state index contributed by atoms with van der Waals surface area (Å²) >= 11 is 0. The zero-order valence-electron chi connectivity index (χ0n) is 5.65. The van der Waals surface area contributed by atoms with Gasteiger partial charge in [-0.05, 0) is 6.92 Å². The minimum Gasteiger partial charge on any atom is -0.411 e. The van der Waals surface area contributed by atoms with Gasteiger partial charge in [-0.2, -0.15) is 0 Å². The average molecular weight is 143 g/mol. The molecule has 1 fully saturated rings. The van der Waals surface area contributed by atoms with Crippen LogP contribution in [0.3, 0.4) is 0 Å².